The van der Waals surface area contributed by atoms with Crippen molar-refractivity contribution in [2.45, 2.75) is 62.1 Å². The molecule has 1 aliphatic carbocycles. The third-order valence-electron chi connectivity index (χ3n) is 6.93. The third-order valence-corrected chi connectivity index (χ3v) is 10.0. The Morgan fingerprint density at radius 2 is 2.03 bits per heavy atom. The molecule has 1 saturated carbocycles. The van der Waals surface area contributed by atoms with Crippen molar-refractivity contribution < 1.29 is 27.6 Å². The molecule has 1 N–H and O–H groups in total. The molecule has 2 saturated heterocycles. The molecule has 210 valence electrons. The molecule has 2 amide bonds. The molecule has 5 rings (SSSR count). The summed E-state index contributed by atoms with van der Waals surface area (Å²) in [5, 5.41) is 6.92. The zero-order valence-corrected chi connectivity index (χ0v) is 23.5. The molecule has 0 bridgehead atoms. The van der Waals surface area contributed by atoms with Gasteiger partial charge in [-0.1, -0.05) is 5.16 Å². The average molecular weight is 577 g/mol. The van der Waals surface area contributed by atoms with Gasteiger partial charge in [-0.05, 0) is 31.9 Å². The van der Waals surface area contributed by atoms with E-state index in [4.69, 9.17) is 9.57 Å². The van der Waals surface area contributed by atoms with Gasteiger partial charge < -0.3 is 14.5 Å². The molecule has 0 spiro atoms. The molecule has 39 heavy (non-hydrogen) atoms. The zero-order valence-electron chi connectivity index (χ0n) is 21.9. The van der Waals surface area contributed by atoms with Gasteiger partial charge in [-0.2, -0.15) is 0 Å². The molecule has 4 heterocycles. The summed E-state index contributed by atoms with van der Waals surface area (Å²) in [4.78, 5) is 44.2. The van der Waals surface area contributed by atoms with Crippen LogP contribution in [0, 0.1) is 0 Å². The van der Waals surface area contributed by atoms with Gasteiger partial charge in [0.2, 0.25) is 5.91 Å². The van der Waals surface area contributed by atoms with Crippen molar-refractivity contribution in [2.75, 3.05) is 38.2 Å². The van der Waals surface area contributed by atoms with Crippen LogP contribution < -0.4 is 5.32 Å². The van der Waals surface area contributed by atoms with Crippen LogP contribution in [-0.2, 0) is 35.5 Å². The van der Waals surface area contributed by atoms with Crippen LogP contribution >= 0.6 is 11.3 Å². The number of nitrogens with zero attached hydrogens (tertiary/aromatic N) is 5. The summed E-state index contributed by atoms with van der Waals surface area (Å²) in [6.07, 6.45) is 4.72. The fraction of sp³-hybridized carbons (Fsp3) is 0.560. The van der Waals surface area contributed by atoms with E-state index in [9.17, 15) is 18.0 Å². The number of pyridine rings is 1. The normalized spacial score (nSPS) is 22.6. The lowest BCUT2D eigenvalue weighted by molar-refractivity contribution is -0.133. The number of thiazole rings is 1. The van der Waals surface area contributed by atoms with Crippen LogP contribution in [-0.4, -0.2) is 96.0 Å². The third kappa shape index (κ3) is 6.62. The average Bonchev–Trinajstić information content (AvgIpc) is 3.49. The number of hydrogen-bond donors (Lipinski definition) is 1. The summed E-state index contributed by atoms with van der Waals surface area (Å²) in [6, 6.07) is 3.05. The quantitative estimate of drug-likeness (QED) is 0.348. The van der Waals surface area contributed by atoms with E-state index in [0.717, 1.165) is 18.0 Å². The summed E-state index contributed by atoms with van der Waals surface area (Å²) in [6.45, 7) is 7.44. The number of piperazine rings is 1. The van der Waals surface area contributed by atoms with E-state index < -0.39 is 15.7 Å². The minimum absolute atomic E-state index is 0.0124. The molecular weight excluding hydrogens is 544 g/mol. The number of carbonyl (C=O) groups excluding carboxylic acids is 2. The number of aromatic nitrogens is 2. The molecule has 0 aromatic carbocycles. The molecule has 3 aliphatic rings. The highest BCUT2D eigenvalue weighted by molar-refractivity contribution is 7.92. The zero-order chi connectivity index (χ0) is 27.6. The van der Waals surface area contributed by atoms with Gasteiger partial charge in [0, 0.05) is 68.4 Å². The van der Waals surface area contributed by atoms with Crippen LogP contribution in [0.4, 0.5) is 5.13 Å². The van der Waals surface area contributed by atoms with Crippen LogP contribution in [0.25, 0.3) is 0 Å². The first-order valence-corrected chi connectivity index (χ1v) is 15.3. The van der Waals surface area contributed by atoms with Gasteiger partial charge in [-0.15, -0.1) is 11.3 Å². The highest BCUT2D eigenvalue weighted by Gasteiger charge is 2.38. The topological polar surface area (TPSA) is 143 Å². The molecule has 0 unspecified atom stereocenters. The monoisotopic (exact) mass is 576 g/mol. The van der Waals surface area contributed by atoms with Crippen LogP contribution in [0.15, 0.2) is 34.7 Å². The number of carbonyl (C=O) groups is 2. The first-order chi connectivity index (χ1) is 18.7. The Hall–Kier alpha value is -2.94. The van der Waals surface area contributed by atoms with Crippen LogP contribution in [0.3, 0.4) is 0 Å². The minimum atomic E-state index is -3.45. The number of rotatable bonds is 9. The Kier molecular flexibility index (Phi) is 8.26. The maximum absolute atomic E-state index is 13.3. The Labute approximate surface area is 231 Å². The van der Waals surface area contributed by atoms with Crippen molar-refractivity contribution in [1.29, 1.82) is 0 Å². The number of sulfone groups is 1. The van der Waals surface area contributed by atoms with Crippen LogP contribution in [0.1, 0.15) is 43.6 Å². The van der Waals surface area contributed by atoms with Crippen LogP contribution in [0.2, 0.25) is 0 Å². The second-order valence-corrected chi connectivity index (χ2v) is 13.3. The van der Waals surface area contributed by atoms with E-state index in [-0.39, 0.29) is 34.0 Å². The number of hydrogen-bond acceptors (Lipinski definition) is 11. The number of anilines is 1. The van der Waals surface area contributed by atoms with E-state index in [1.807, 2.05) is 11.8 Å². The van der Waals surface area contributed by atoms with Crippen molar-refractivity contribution in [3.63, 3.8) is 0 Å². The lowest BCUT2D eigenvalue weighted by Crippen LogP contribution is -2.52. The molecule has 3 fully saturated rings. The Bertz CT molecular complexity index is 1340. The van der Waals surface area contributed by atoms with E-state index >= 15 is 0 Å². The highest BCUT2D eigenvalue weighted by atomic mass is 32.2. The summed E-state index contributed by atoms with van der Waals surface area (Å²) in [5.41, 5.74) is 0.297. The summed E-state index contributed by atoms with van der Waals surface area (Å²) >= 11 is 1.36. The highest BCUT2D eigenvalue weighted by Crippen LogP contribution is 2.32. The van der Waals surface area contributed by atoms with Gasteiger partial charge in [-0.3, -0.25) is 19.8 Å². The molecular formula is C25H32N6O6S2. The molecule has 12 nitrogen and oxygen atoms in total. The Morgan fingerprint density at radius 3 is 2.67 bits per heavy atom. The van der Waals surface area contributed by atoms with Crippen molar-refractivity contribution in [3.8, 4) is 0 Å². The first-order valence-electron chi connectivity index (χ1n) is 13.0. The SMILES string of the molecule is CC(=O)N1CCN(Cc2cnc(NC(=O)/C(=N/O[C@@H]3CCOC3)c3ccc(S(=O)(=O)C4CC4)nc3)s2)C[C@@H]1C. The van der Waals surface area contributed by atoms with E-state index in [1.54, 1.807) is 13.1 Å². The van der Waals surface area contributed by atoms with E-state index in [0.29, 0.717) is 56.3 Å². The second-order valence-electron chi connectivity index (χ2n) is 10.0. The summed E-state index contributed by atoms with van der Waals surface area (Å²) in [5.74, 6) is -0.459. The van der Waals surface area contributed by atoms with Gasteiger partial charge in [-0.25, -0.2) is 18.4 Å². The standard InChI is InChI=1S/C25H32N6O6S2/c1-16-13-30(8-9-31(16)17(2)32)14-20-12-27-25(38-20)28-24(33)23(29-37-19-7-10-36-15-19)18-3-6-22(26-11-18)39(34,35)21-4-5-21/h3,6,11-12,16,19,21H,4-5,7-10,13-15H2,1-2H3,(H,27,28,33)/b29-23+/t16-,19+/m0/s1. The van der Waals surface area contributed by atoms with Crippen molar-refractivity contribution in [3.05, 3.63) is 35.0 Å². The Balaban J connectivity index is 1.27. The van der Waals surface area contributed by atoms with Gasteiger partial charge in [0.1, 0.15) is 0 Å². The van der Waals surface area contributed by atoms with Gasteiger partial charge in [0.25, 0.3) is 5.91 Å². The summed E-state index contributed by atoms with van der Waals surface area (Å²) in [7, 11) is -3.45. The number of nitrogens with one attached hydrogen (secondary N) is 1. The maximum Gasteiger partial charge on any atom is 0.280 e. The molecule has 2 aliphatic heterocycles. The smallest absolute Gasteiger partial charge is 0.280 e. The van der Waals surface area contributed by atoms with Crippen molar-refractivity contribution >= 4 is 43.8 Å². The molecule has 14 heteroatoms. The van der Waals surface area contributed by atoms with Crippen molar-refractivity contribution in [2.24, 2.45) is 5.16 Å². The predicted molar refractivity (Wildman–Crippen MR) is 144 cm³/mol. The fourth-order valence-electron chi connectivity index (χ4n) is 4.65. The fourth-order valence-corrected chi connectivity index (χ4v) is 7.05. The van der Waals surface area contributed by atoms with Gasteiger partial charge >= 0.3 is 0 Å². The van der Waals surface area contributed by atoms with E-state index in [1.165, 1.54) is 29.7 Å². The first kappa shape index (κ1) is 27.6. The molecule has 0 radical (unpaired) electrons. The number of ether oxygens (including phenoxy) is 1. The predicted octanol–water partition coefficient (Wildman–Crippen LogP) is 1.68. The lowest BCUT2D eigenvalue weighted by atomic mass is 10.2. The molecule has 2 atom stereocenters. The van der Waals surface area contributed by atoms with Gasteiger partial charge in [0.15, 0.2) is 31.8 Å². The number of oxime groups is 1. The number of amides is 2. The van der Waals surface area contributed by atoms with Crippen molar-refractivity contribution in [1.82, 2.24) is 19.8 Å². The minimum Gasteiger partial charge on any atom is -0.389 e. The van der Waals surface area contributed by atoms with Gasteiger partial charge in [0.05, 0.1) is 18.5 Å². The summed E-state index contributed by atoms with van der Waals surface area (Å²) < 4.78 is 30.4. The maximum atomic E-state index is 13.3. The van der Waals surface area contributed by atoms with Crippen LogP contribution in [0.5, 0.6) is 0 Å². The van der Waals surface area contributed by atoms with E-state index in [2.05, 4.69) is 25.3 Å². The lowest BCUT2D eigenvalue weighted by Gasteiger charge is -2.39. The Morgan fingerprint density at radius 1 is 1.21 bits per heavy atom. The molecule has 2 aromatic heterocycles. The largest absolute Gasteiger partial charge is 0.389 e. The molecule has 2 aromatic rings. The second kappa shape index (κ2) is 11.7.